The third-order valence-corrected chi connectivity index (χ3v) is 4.86. The molecule has 0 saturated carbocycles. The standard InChI is InChI=1S/C22H27ClN4O3/c1-7-17(12-18(25-5)21(29)27-22(4,13-24)14(2)3)26-20(28)11-15-10-16(23)8-9-19(15)30-6/h7-10,12,14H,1,11H2,2-6H3,(H,26,28)(H,27,29)/b17-12+,25-18+. The largest absolute Gasteiger partial charge is 0.496 e. The van der Waals surface area contributed by atoms with Crippen LogP contribution >= 0.6 is 11.6 Å². The van der Waals surface area contributed by atoms with Crippen LogP contribution in [0.1, 0.15) is 26.3 Å². The van der Waals surface area contributed by atoms with Crippen LogP contribution in [0, 0.1) is 17.2 Å². The zero-order valence-electron chi connectivity index (χ0n) is 17.9. The zero-order valence-corrected chi connectivity index (χ0v) is 18.6. The van der Waals surface area contributed by atoms with Gasteiger partial charge in [0, 0.05) is 23.3 Å². The van der Waals surface area contributed by atoms with Gasteiger partial charge in [-0.2, -0.15) is 5.26 Å². The van der Waals surface area contributed by atoms with Crippen molar-refractivity contribution in [1.82, 2.24) is 10.6 Å². The van der Waals surface area contributed by atoms with E-state index in [9.17, 15) is 14.9 Å². The number of nitrogens with one attached hydrogen (secondary N) is 2. The number of rotatable bonds is 9. The minimum absolute atomic E-state index is 0.0135. The van der Waals surface area contributed by atoms with Gasteiger partial charge in [-0.15, -0.1) is 0 Å². The Bertz CT molecular complexity index is 915. The molecular formula is C22H27ClN4O3. The van der Waals surface area contributed by atoms with Gasteiger partial charge in [-0.1, -0.05) is 32.0 Å². The van der Waals surface area contributed by atoms with Gasteiger partial charge >= 0.3 is 0 Å². The van der Waals surface area contributed by atoms with Gasteiger partial charge in [0.1, 0.15) is 17.0 Å². The maximum atomic E-state index is 12.6. The molecule has 1 aromatic rings. The highest BCUT2D eigenvalue weighted by Gasteiger charge is 2.31. The first-order valence-electron chi connectivity index (χ1n) is 9.27. The van der Waals surface area contributed by atoms with E-state index >= 15 is 0 Å². The summed E-state index contributed by atoms with van der Waals surface area (Å²) in [5.41, 5.74) is -0.0935. The second kappa shape index (κ2) is 11.2. The fraction of sp³-hybridized carbons (Fsp3) is 0.364. The molecule has 0 aliphatic heterocycles. The van der Waals surface area contributed by atoms with E-state index in [0.29, 0.717) is 22.0 Å². The average molecular weight is 431 g/mol. The van der Waals surface area contributed by atoms with E-state index in [2.05, 4.69) is 28.3 Å². The number of aliphatic imine (C=N–C) groups is 1. The second-order valence-corrected chi connectivity index (χ2v) is 7.45. The molecule has 30 heavy (non-hydrogen) atoms. The van der Waals surface area contributed by atoms with Gasteiger partial charge in [0.15, 0.2) is 0 Å². The molecule has 7 nitrogen and oxygen atoms in total. The Morgan fingerprint density at radius 2 is 2.10 bits per heavy atom. The second-order valence-electron chi connectivity index (χ2n) is 7.02. The SMILES string of the molecule is C=C/C(=C\C(=N/C)C(=O)NC(C)(C#N)C(C)C)NC(=O)Cc1cc(Cl)ccc1OC. The molecule has 0 heterocycles. The highest BCUT2D eigenvalue weighted by atomic mass is 35.5. The molecule has 160 valence electrons. The number of hydrogen-bond acceptors (Lipinski definition) is 5. The average Bonchev–Trinajstić information content (AvgIpc) is 2.70. The summed E-state index contributed by atoms with van der Waals surface area (Å²) in [6, 6.07) is 7.12. The van der Waals surface area contributed by atoms with Crippen LogP contribution < -0.4 is 15.4 Å². The van der Waals surface area contributed by atoms with Crippen molar-refractivity contribution in [2.45, 2.75) is 32.7 Å². The van der Waals surface area contributed by atoms with Crippen LogP contribution in [-0.2, 0) is 16.0 Å². The van der Waals surface area contributed by atoms with E-state index in [4.69, 9.17) is 16.3 Å². The maximum Gasteiger partial charge on any atom is 0.270 e. The van der Waals surface area contributed by atoms with Crippen molar-refractivity contribution >= 4 is 29.1 Å². The zero-order chi connectivity index (χ0) is 22.9. The van der Waals surface area contributed by atoms with Gasteiger partial charge in [0.25, 0.3) is 5.91 Å². The van der Waals surface area contributed by atoms with E-state index < -0.39 is 11.4 Å². The molecule has 1 rings (SSSR count). The third-order valence-electron chi connectivity index (χ3n) is 4.62. The van der Waals surface area contributed by atoms with Crippen molar-refractivity contribution in [3.8, 4) is 11.8 Å². The lowest BCUT2D eigenvalue weighted by Crippen LogP contribution is -2.51. The maximum absolute atomic E-state index is 12.6. The van der Waals surface area contributed by atoms with Gasteiger partial charge in [-0.05, 0) is 43.2 Å². The van der Waals surface area contributed by atoms with Crippen LogP contribution in [-0.4, -0.2) is 37.2 Å². The van der Waals surface area contributed by atoms with E-state index in [1.165, 1.54) is 26.3 Å². The first-order valence-corrected chi connectivity index (χ1v) is 9.64. The molecule has 0 bridgehead atoms. The number of carbonyl (C=O) groups is 2. The molecule has 0 fully saturated rings. The Kier molecular flexibility index (Phi) is 9.28. The lowest BCUT2D eigenvalue weighted by atomic mass is 9.90. The number of nitriles is 1. The minimum atomic E-state index is -1.05. The van der Waals surface area contributed by atoms with Crippen LogP contribution in [0.15, 0.2) is 47.6 Å². The van der Waals surface area contributed by atoms with Gasteiger partial charge in [0.05, 0.1) is 19.6 Å². The Balaban J connectivity index is 2.98. The lowest BCUT2D eigenvalue weighted by molar-refractivity contribution is -0.119. The fourth-order valence-corrected chi connectivity index (χ4v) is 2.58. The van der Waals surface area contributed by atoms with Crippen molar-refractivity contribution in [2.24, 2.45) is 10.9 Å². The molecule has 0 spiro atoms. The minimum Gasteiger partial charge on any atom is -0.496 e. The molecule has 0 radical (unpaired) electrons. The van der Waals surface area contributed by atoms with Crippen molar-refractivity contribution in [3.05, 3.63) is 53.2 Å². The van der Waals surface area contributed by atoms with Crippen LogP contribution in [0.4, 0.5) is 0 Å². The van der Waals surface area contributed by atoms with Crippen LogP contribution in [0.5, 0.6) is 5.75 Å². The smallest absolute Gasteiger partial charge is 0.270 e. The summed E-state index contributed by atoms with van der Waals surface area (Å²) in [4.78, 5) is 29.0. The normalized spacial score (nSPS) is 13.8. The van der Waals surface area contributed by atoms with Gasteiger partial charge < -0.3 is 15.4 Å². The molecule has 1 atom stereocenters. The highest BCUT2D eigenvalue weighted by molar-refractivity contribution is 6.43. The van der Waals surface area contributed by atoms with E-state index in [0.717, 1.165) is 0 Å². The molecule has 1 aromatic carbocycles. The number of nitrogens with zero attached hydrogens (tertiary/aromatic N) is 2. The molecular weight excluding hydrogens is 404 g/mol. The fourth-order valence-electron chi connectivity index (χ4n) is 2.39. The van der Waals surface area contributed by atoms with E-state index in [-0.39, 0.29) is 24.0 Å². The molecule has 0 aliphatic rings. The molecule has 8 heteroatoms. The molecule has 2 amide bonds. The predicted octanol–water partition coefficient (Wildman–Crippen LogP) is 3.20. The summed E-state index contributed by atoms with van der Waals surface area (Å²) in [6.07, 6.45) is 2.81. The van der Waals surface area contributed by atoms with E-state index in [1.807, 2.05) is 13.8 Å². The third kappa shape index (κ3) is 6.75. The highest BCUT2D eigenvalue weighted by Crippen LogP contribution is 2.23. The van der Waals surface area contributed by atoms with Crippen molar-refractivity contribution in [3.63, 3.8) is 0 Å². The predicted molar refractivity (Wildman–Crippen MR) is 118 cm³/mol. The van der Waals surface area contributed by atoms with Crippen LogP contribution in [0.25, 0.3) is 0 Å². The van der Waals surface area contributed by atoms with E-state index in [1.54, 1.807) is 25.1 Å². The quantitative estimate of drug-likeness (QED) is 0.463. The summed E-state index contributed by atoms with van der Waals surface area (Å²) in [7, 11) is 2.96. The Morgan fingerprint density at radius 3 is 2.60 bits per heavy atom. The number of ether oxygens (including phenoxy) is 1. The van der Waals surface area contributed by atoms with Crippen molar-refractivity contribution in [1.29, 1.82) is 5.26 Å². The summed E-state index contributed by atoms with van der Waals surface area (Å²) in [5, 5.41) is 15.3. The number of hydrogen-bond donors (Lipinski definition) is 2. The molecule has 1 unspecified atom stereocenters. The Morgan fingerprint density at radius 1 is 1.43 bits per heavy atom. The topological polar surface area (TPSA) is 104 Å². The first kappa shape index (κ1) is 24.9. The van der Waals surface area contributed by atoms with Crippen LogP contribution in [0.2, 0.25) is 5.02 Å². The van der Waals surface area contributed by atoms with Gasteiger partial charge in [-0.25, -0.2) is 0 Å². The summed E-state index contributed by atoms with van der Waals surface area (Å²) in [6.45, 7) is 8.98. The van der Waals surface area contributed by atoms with Gasteiger partial charge in [-0.3, -0.25) is 14.6 Å². The summed E-state index contributed by atoms with van der Waals surface area (Å²) < 4.78 is 5.25. The Labute approximate surface area is 182 Å². The van der Waals surface area contributed by atoms with Gasteiger partial charge in [0.2, 0.25) is 5.91 Å². The first-order chi connectivity index (χ1) is 14.1. The summed E-state index contributed by atoms with van der Waals surface area (Å²) >= 11 is 6.00. The monoisotopic (exact) mass is 430 g/mol. The molecule has 0 saturated heterocycles. The lowest BCUT2D eigenvalue weighted by Gasteiger charge is -2.27. The Hall–Kier alpha value is -3.11. The number of carbonyl (C=O) groups excluding carboxylic acids is 2. The number of halogens is 1. The number of methoxy groups -OCH3 is 1. The summed E-state index contributed by atoms with van der Waals surface area (Å²) in [5.74, 6) is -0.444. The number of benzene rings is 1. The number of allylic oxidation sites excluding steroid dienone is 1. The molecule has 0 aromatic heterocycles. The molecule has 2 N–H and O–H groups in total. The van der Waals surface area contributed by atoms with Crippen LogP contribution in [0.3, 0.4) is 0 Å². The van der Waals surface area contributed by atoms with Crippen molar-refractivity contribution in [2.75, 3.05) is 14.2 Å². The van der Waals surface area contributed by atoms with Crippen molar-refractivity contribution < 1.29 is 14.3 Å². The number of amides is 2. The molecule has 0 aliphatic carbocycles.